The normalized spacial score (nSPS) is 16.7. The van der Waals surface area contributed by atoms with Crippen molar-refractivity contribution in [3.8, 4) is 0 Å². The molecule has 2 aliphatic rings. The standard InChI is InChI=1S/C19H24N4O2/c1-2-10-25-13-17-15-12-22(19(24)16-4-3-8-20-16)9-7-18(15)23(21-17)11-14-5-6-14/h2-4,8,14,20H,1,5-7,9-13H2. The van der Waals surface area contributed by atoms with E-state index in [1.54, 1.807) is 12.3 Å². The summed E-state index contributed by atoms with van der Waals surface area (Å²) in [5.74, 6) is 0.813. The lowest BCUT2D eigenvalue weighted by Gasteiger charge is -2.27. The highest BCUT2D eigenvalue weighted by Gasteiger charge is 2.30. The Bertz CT molecular complexity index is 759. The molecule has 0 aromatic carbocycles. The Kier molecular flexibility index (Phi) is 4.44. The van der Waals surface area contributed by atoms with Crippen LogP contribution in [-0.4, -0.2) is 38.7 Å². The predicted octanol–water partition coefficient (Wildman–Crippen LogP) is 2.52. The number of fused-ring (bicyclic) bond motifs is 1. The number of hydrogen-bond donors (Lipinski definition) is 1. The van der Waals surface area contributed by atoms with Crippen LogP contribution in [0.2, 0.25) is 0 Å². The molecular formula is C19H24N4O2. The van der Waals surface area contributed by atoms with Crippen molar-refractivity contribution in [1.82, 2.24) is 19.7 Å². The van der Waals surface area contributed by atoms with Crippen LogP contribution in [0.5, 0.6) is 0 Å². The molecule has 1 aliphatic heterocycles. The number of rotatable bonds is 7. The monoisotopic (exact) mass is 340 g/mol. The number of nitrogens with zero attached hydrogens (tertiary/aromatic N) is 3. The van der Waals surface area contributed by atoms with E-state index < -0.39 is 0 Å². The van der Waals surface area contributed by atoms with Gasteiger partial charge in [-0.2, -0.15) is 5.10 Å². The van der Waals surface area contributed by atoms with Crippen LogP contribution in [0.1, 0.15) is 40.3 Å². The molecule has 1 fully saturated rings. The largest absolute Gasteiger partial charge is 0.371 e. The number of nitrogens with one attached hydrogen (secondary N) is 1. The molecule has 1 aliphatic carbocycles. The predicted molar refractivity (Wildman–Crippen MR) is 94.0 cm³/mol. The van der Waals surface area contributed by atoms with Gasteiger partial charge < -0.3 is 14.6 Å². The highest BCUT2D eigenvalue weighted by atomic mass is 16.5. The van der Waals surface area contributed by atoms with Crippen molar-refractivity contribution in [1.29, 1.82) is 0 Å². The molecule has 6 nitrogen and oxygen atoms in total. The zero-order valence-corrected chi connectivity index (χ0v) is 14.4. The SMILES string of the molecule is C=CCOCc1nn(CC2CC2)c2c1CN(C(=O)c1ccc[nH]1)CC2. The van der Waals surface area contributed by atoms with Gasteiger partial charge in [-0.3, -0.25) is 9.48 Å². The van der Waals surface area contributed by atoms with Crippen LogP contribution in [0.4, 0.5) is 0 Å². The summed E-state index contributed by atoms with van der Waals surface area (Å²) in [5.41, 5.74) is 4.04. The van der Waals surface area contributed by atoms with Gasteiger partial charge in [0.1, 0.15) is 5.69 Å². The van der Waals surface area contributed by atoms with Crippen LogP contribution < -0.4 is 0 Å². The highest BCUT2D eigenvalue weighted by molar-refractivity contribution is 5.92. The van der Waals surface area contributed by atoms with Gasteiger partial charge in [-0.1, -0.05) is 6.08 Å². The number of aromatic amines is 1. The molecular weight excluding hydrogens is 316 g/mol. The fourth-order valence-corrected chi connectivity index (χ4v) is 3.42. The summed E-state index contributed by atoms with van der Waals surface area (Å²) < 4.78 is 7.80. The Morgan fingerprint density at radius 2 is 2.36 bits per heavy atom. The Balaban J connectivity index is 1.56. The summed E-state index contributed by atoms with van der Waals surface area (Å²) in [5, 5.41) is 4.81. The van der Waals surface area contributed by atoms with E-state index >= 15 is 0 Å². The first kappa shape index (κ1) is 16.1. The zero-order chi connectivity index (χ0) is 17.2. The Morgan fingerprint density at radius 1 is 1.48 bits per heavy atom. The van der Waals surface area contributed by atoms with Gasteiger partial charge in [-0.15, -0.1) is 6.58 Å². The number of hydrogen-bond acceptors (Lipinski definition) is 3. The molecule has 0 radical (unpaired) electrons. The smallest absolute Gasteiger partial charge is 0.270 e. The van der Waals surface area contributed by atoms with Crippen LogP contribution in [0, 0.1) is 5.92 Å². The third kappa shape index (κ3) is 3.39. The molecule has 0 unspecified atom stereocenters. The second-order valence-electron chi connectivity index (χ2n) is 6.86. The number of carbonyl (C=O) groups excluding carboxylic acids is 1. The van der Waals surface area contributed by atoms with E-state index in [9.17, 15) is 4.79 Å². The van der Waals surface area contributed by atoms with Gasteiger partial charge in [0.2, 0.25) is 0 Å². The lowest BCUT2D eigenvalue weighted by atomic mass is 10.0. The Hall–Kier alpha value is -2.34. The van der Waals surface area contributed by atoms with E-state index in [-0.39, 0.29) is 5.91 Å². The van der Waals surface area contributed by atoms with E-state index in [0.29, 0.717) is 25.5 Å². The molecule has 2 aromatic heterocycles. The Labute approximate surface area is 147 Å². The molecule has 4 rings (SSSR count). The molecule has 0 bridgehead atoms. The second-order valence-corrected chi connectivity index (χ2v) is 6.86. The fourth-order valence-electron chi connectivity index (χ4n) is 3.42. The molecule has 2 aromatic rings. The maximum absolute atomic E-state index is 12.7. The molecule has 0 saturated heterocycles. The number of aromatic nitrogens is 3. The van der Waals surface area contributed by atoms with Crippen LogP contribution in [0.25, 0.3) is 0 Å². The summed E-state index contributed by atoms with van der Waals surface area (Å²) in [7, 11) is 0. The van der Waals surface area contributed by atoms with Gasteiger partial charge in [-0.05, 0) is 30.9 Å². The van der Waals surface area contributed by atoms with Crippen molar-refractivity contribution in [3.63, 3.8) is 0 Å². The van der Waals surface area contributed by atoms with Crippen molar-refractivity contribution in [2.75, 3.05) is 13.2 Å². The fraction of sp³-hybridized carbons (Fsp3) is 0.474. The van der Waals surface area contributed by atoms with Crippen LogP contribution >= 0.6 is 0 Å². The summed E-state index contributed by atoms with van der Waals surface area (Å²) in [6, 6.07) is 3.67. The van der Waals surface area contributed by atoms with Gasteiger partial charge in [-0.25, -0.2) is 0 Å². The lowest BCUT2D eigenvalue weighted by molar-refractivity contribution is 0.0725. The minimum Gasteiger partial charge on any atom is -0.371 e. The number of amides is 1. The van der Waals surface area contributed by atoms with E-state index in [1.165, 1.54) is 18.5 Å². The average Bonchev–Trinajstić information content (AvgIpc) is 3.16. The van der Waals surface area contributed by atoms with E-state index in [1.807, 2.05) is 17.0 Å². The van der Waals surface area contributed by atoms with E-state index in [2.05, 4.69) is 16.2 Å². The molecule has 0 atom stereocenters. The van der Waals surface area contributed by atoms with E-state index in [0.717, 1.165) is 36.7 Å². The maximum atomic E-state index is 12.7. The van der Waals surface area contributed by atoms with Gasteiger partial charge in [0.25, 0.3) is 5.91 Å². The molecule has 132 valence electrons. The van der Waals surface area contributed by atoms with Gasteiger partial charge in [0, 0.05) is 43.5 Å². The minimum atomic E-state index is 0.0450. The Morgan fingerprint density at radius 3 is 3.08 bits per heavy atom. The average molecular weight is 340 g/mol. The van der Waals surface area contributed by atoms with Crippen molar-refractivity contribution in [2.45, 2.75) is 39.0 Å². The summed E-state index contributed by atoms with van der Waals surface area (Å²) in [6.45, 7) is 6.99. The molecule has 25 heavy (non-hydrogen) atoms. The lowest BCUT2D eigenvalue weighted by Crippen LogP contribution is -2.36. The van der Waals surface area contributed by atoms with Gasteiger partial charge in [0.05, 0.1) is 18.9 Å². The molecule has 1 N–H and O–H groups in total. The van der Waals surface area contributed by atoms with Crippen molar-refractivity contribution < 1.29 is 9.53 Å². The third-order valence-electron chi connectivity index (χ3n) is 4.94. The highest BCUT2D eigenvalue weighted by Crippen LogP contribution is 2.33. The summed E-state index contributed by atoms with van der Waals surface area (Å²) >= 11 is 0. The summed E-state index contributed by atoms with van der Waals surface area (Å²) in [6.07, 6.45) is 6.98. The van der Waals surface area contributed by atoms with Gasteiger partial charge in [0.15, 0.2) is 0 Å². The summed E-state index contributed by atoms with van der Waals surface area (Å²) in [4.78, 5) is 17.6. The number of carbonyl (C=O) groups is 1. The van der Waals surface area contributed by atoms with Crippen molar-refractivity contribution in [2.24, 2.45) is 5.92 Å². The molecule has 0 spiro atoms. The van der Waals surface area contributed by atoms with Crippen molar-refractivity contribution in [3.05, 3.63) is 53.6 Å². The topological polar surface area (TPSA) is 63.1 Å². The first-order valence-electron chi connectivity index (χ1n) is 8.95. The minimum absolute atomic E-state index is 0.0450. The molecule has 1 amide bonds. The van der Waals surface area contributed by atoms with Crippen LogP contribution in [-0.2, 0) is 30.9 Å². The van der Waals surface area contributed by atoms with Crippen molar-refractivity contribution >= 4 is 5.91 Å². The zero-order valence-electron chi connectivity index (χ0n) is 14.4. The molecule has 6 heteroatoms. The number of H-pyrrole nitrogens is 1. The van der Waals surface area contributed by atoms with Crippen LogP contribution in [0.15, 0.2) is 31.0 Å². The third-order valence-corrected chi connectivity index (χ3v) is 4.94. The molecule has 1 saturated carbocycles. The van der Waals surface area contributed by atoms with Crippen LogP contribution in [0.3, 0.4) is 0 Å². The first-order chi connectivity index (χ1) is 12.3. The second kappa shape index (κ2) is 6.88. The number of ether oxygens (including phenoxy) is 1. The molecule has 3 heterocycles. The first-order valence-corrected chi connectivity index (χ1v) is 8.95. The maximum Gasteiger partial charge on any atom is 0.270 e. The van der Waals surface area contributed by atoms with Gasteiger partial charge >= 0.3 is 0 Å². The van der Waals surface area contributed by atoms with E-state index in [4.69, 9.17) is 9.84 Å². The quantitative estimate of drug-likeness (QED) is 0.622.